The van der Waals surface area contributed by atoms with Gasteiger partial charge in [0.2, 0.25) is 0 Å². The van der Waals surface area contributed by atoms with Gasteiger partial charge in [-0.3, -0.25) is 4.90 Å². The van der Waals surface area contributed by atoms with E-state index in [1.165, 1.54) is 6.07 Å². The van der Waals surface area contributed by atoms with Crippen LogP contribution in [0.3, 0.4) is 0 Å². The molecule has 0 radical (unpaired) electrons. The summed E-state index contributed by atoms with van der Waals surface area (Å²) in [5, 5.41) is 3.47. The highest BCUT2D eigenvalue weighted by Gasteiger charge is 2.28. The van der Waals surface area contributed by atoms with Crippen molar-refractivity contribution < 1.29 is 4.39 Å². The van der Waals surface area contributed by atoms with Gasteiger partial charge in [0.1, 0.15) is 5.82 Å². The standard InChI is InChI=1S/C16H25BrFN3/c1-16(2,21-8-6-20(3)7-9-21)12-19-11-13-10-14(18)4-5-15(13)17/h4-5,10,19H,6-9,11-12H2,1-3H3. The van der Waals surface area contributed by atoms with Crippen molar-refractivity contribution in [2.45, 2.75) is 25.9 Å². The van der Waals surface area contributed by atoms with Gasteiger partial charge < -0.3 is 10.2 Å². The highest BCUT2D eigenvalue weighted by Crippen LogP contribution is 2.19. The molecule has 0 unspecified atom stereocenters. The summed E-state index contributed by atoms with van der Waals surface area (Å²) in [4.78, 5) is 4.89. The van der Waals surface area contributed by atoms with Crippen LogP contribution < -0.4 is 5.32 Å². The summed E-state index contributed by atoms with van der Waals surface area (Å²) in [5.74, 6) is -0.187. The zero-order valence-electron chi connectivity index (χ0n) is 13.1. The van der Waals surface area contributed by atoms with E-state index in [0.29, 0.717) is 6.54 Å². The molecular weight excluding hydrogens is 333 g/mol. The first-order chi connectivity index (χ1) is 9.88. The van der Waals surface area contributed by atoms with E-state index >= 15 is 0 Å². The van der Waals surface area contributed by atoms with Crippen LogP contribution in [0.25, 0.3) is 0 Å². The predicted molar refractivity (Wildman–Crippen MR) is 89.0 cm³/mol. The van der Waals surface area contributed by atoms with Crippen molar-refractivity contribution in [3.8, 4) is 0 Å². The largest absolute Gasteiger partial charge is 0.311 e. The highest BCUT2D eigenvalue weighted by molar-refractivity contribution is 9.10. The van der Waals surface area contributed by atoms with Gasteiger partial charge in [-0.1, -0.05) is 15.9 Å². The Hall–Kier alpha value is -0.490. The average molecular weight is 358 g/mol. The van der Waals surface area contributed by atoms with E-state index in [1.807, 2.05) is 0 Å². The van der Waals surface area contributed by atoms with Crippen LogP contribution >= 0.6 is 15.9 Å². The van der Waals surface area contributed by atoms with Crippen LogP contribution in [0.15, 0.2) is 22.7 Å². The molecule has 1 heterocycles. The first-order valence-corrected chi connectivity index (χ1v) is 8.26. The quantitative estimate of drug-likeness (QED) is 0.873. The molecule has 2 rings (SSSR count). The Balaban J connectivity index is 1.85. The zero-order valence-corrected chi connectivity index (χ0v) is 14.7. The Kier molecular flexibility index (Phi) is 5.77. The van der Waals surface area contributed by atoms with E-state index in [1.54, 1.807) is 12.1 Å². The van der Waals surface area contributed by atoms with Gasteiger partial charge in [-0.25, -0.2) is 4.39 Å². The Morgan fingerprint density at radius 1 is 1.24 bits per heavy atom. The van der Waals surface area contributed by atoms with Gasteiger partial charge in [-0.05, 0) is 44.7 Å². The second-order valence-electron chi connectivity index (χ2n) is 6.44. The third-order valence-electron chi connectivity index (χ3n) is 4.24. The summed E-state index contributed by atoms with van der Waals surface area (Å²) < 4.78 is 14.2. The van der Waals surface area contributed by atoms with Crippen LogP contribution in [0.1, 0.15) is 19.4 Å². The van der Waals surface area contributed by atoms with Crippen LogP contribution in [-0.2, 0) is 6.54 Å². The van der Waals surface area contributed by atoms with Crippen molar-refractivity contribution in [2.24, 2.45) is 0 Å². The first kappa shape index (κ1) is 16.9. The van der Waals surface area contributed by atoms with Gasteiger partial charge in [0.15, 0.2) is 0 Å². The molecular formula is C16H25BrFN3. The lowest BCUT2D eigenvalue weighted by Gasteiger charge is -2.43. The monoisotopic (exact) mass is 357 g/mol. The van der Waals surface area contributed by atoms with E-state index in [9.17, 15) is 4.39 Å². The Bertz CT molecular complexity index is 471. The lowest BCUT2D eigenvalue weighted by molar-refractivity contribution is 0.0618. The number of halogens is 2. The molecule has 1 aromatic rings. The lowest BCUT2D eigenvalue weighted by Crippen LogP contribution is -2.57. The third-order valence-corrected chi connectivity index (χ3v) is 5.01. The molecule has 0 aromatic heterocycles. The number of nitrogens with one attached hydrogen (secondary N) is 1. The minimum Gasteiger partial charge on any atom is -0.311 e. The van der Waals surface area contributed by atoms with Gasteiger partial charge in [0.05, 0.1) is 0 Å². The van der Waals surface area contributed by atoms with E-state index in [0.717, 1.165) is 42.8 Å². The maximum Gasteiger partial charge on any atom is 0.123 e. The summed E-state index contributed by atoms with van der Waals surface area (Å²) in [6, 6.07) is 4.82. The number of piperazine rings is 1. The summed E-state index contributed by atoms with van der Waals surface area (Å²) in [6.07, 6.45) is 0. The molecule has 0 atom stereocenters. The fourth-order valence-corrected chi connectivity index (χ4v) is 3.09. The summed E-state index contributed by atoms with van der Waals surface area (Å²) in [5.41, 5.74) is 1.07. The van der Waals surface area contributed by atoms with Crippen LogP contribution in [0.4, 0.5) is 4.39 Å². The maximum absolute atomic E-state index is 13.3. The highest BCUT2D eigenvalue weighted by atomic mass is 79.9. The number of hydrogen-bond acceptors (Lipinski definition) is 3. The second-order valence-corrected chi connectivity index (χ2v) is 7.30. The number of likely N-dealkylation sites (N-methyl/N-ethyl adjacent to an activating group) is 1. The topological polar surface area (TPSA) is 18.5 Å². The molecule has 1 fully saturated rings. The molecule has 5 heteroatoms. The van der Waals surface area contributed by atoms with Crippen molar-refractivity contribution in [1.82, 2.24) is 15.1 Å². The smallest absolute Gasteiger partial charge is 0.123 e. The van der Waals surface area contributed by atoms with Gasteiger partial charge in [-0.15, -0.1) is 0 Å². The molecule has 3 nitrogen and oxygen atoms in total. The SMILES string of the molecule is CN1CCN(C(C)(C)CNCc2cc(F)ccc2Br)CC1. The first-order valence-electron chi connectivity index (χ1n) is 7.47. The Labute approximate surface area is 135 Å². The molecule has 21 heavy (non-hydrogen) atoms. The van der Waals surface area contributed by atoms with E-state index in [-0.39, 0.29) is 11.4 Å². The zero-order chi connectivity index (χ0) is 15.5. The van der Waals surface area contributed by atoms with Crippen molar-refractivity contribution in [3.05, 3.63) is 34.1 Å². The van der Waals surface area contributed by atoms with E-state index in [4.69, 9.17) is 0 Å². The average Bonchev–Trinajstić information content (AvgIpc) is 2.43. The number of hydrogen-bond donors (Lipinski definition) is 1. The third kappa shape index (κ3) is 4.74. The molecule has 1 saturated heterocycles. The van der Waals surface area contributed by atoms with Crippen molar-refractivity contribution in [2.75, 3.05) is 39.8 Å². The maximum atomic E-state index is 13.3. The summed E-state index contributed by atoms with van der Waals surface area (Å²) in [7, 11) is 2.17. The number of rotatable bonds is 5. The molecule has 0 saturated carbocycles. The fraction of sp³-hybridized carbons (Fsp3) is 0.625. The van der Waals surface area contributed by atoms with Gasteiger partial charge in [0.25, 0.3) is 0 Å². The van der Waals surface area contributed by atoms with E-state index in [2.05, 4.69) is 51.9 Å². The van der Waals surface area contributed by atoms with E-state index < -0.39 is 0 Å². The Morgan fingerprint density at radius 2 is 1.90 bits per heavy atom. The normalized spacial score (nSPS) is 18.1. The molecule has 0 spiro atoms. The molecule has 0 bridgehead atoms. The second kappa shape index (κ2) is 7.18. The van der Waals surface area contributed by atoms with Crippen molar-refractivity contribution >= 4 is 15.9 Å². The molecule has 1 aliphatic rings. The molecule has 1 aromatic carbocycles. The van der Waals surface area contributed by atoms with Gasteiger partial charge >= 0.3 is 0 Å². The number of nitrogens with zero attached hydrogens (tertiary/aromatic N) is 2. The summed E-state index contributed by atoms with van der Waals surface area (Å²) in [6.45, 7) is 10.6. The minimum atomic E-state index is -0.187. The summed E-state index contributed by atoms with van der Waals surface area (Å²) >= 11 is 3.47. The molecule has 1 aliphatic heterocycles. The van der Waals surface area contributed by atoms with Crippen molar-refractivity contribution in [3.63, 3.8) is 0 Å². The number of benzene rings is 1. The van der Waals surface area contributed by atoms with Crippen LogP contribution in [0.2, 0.25) is 0 Å². The van der Waals surface area contributed by atoms with Crippen molar-refractivity contribution in [1.29, 1.82) is 0 Å². The van der Waals surface area contributed by atoms with Crippen LogP contribution in [0.5, 0.6) is 0 Å². The Morgan fingerprint density at radius 3 is 2.57 bits per heavy atom. The fourth-order valence-electron chi connectivity index (χ4n) is 2.71. The van der Waals surface area contributed by atoms with Gasteiger partial charge in [-0.2, -0.15) is 0 Å². The molecule has 0 amide bonds. The minimum absolute atomic E-state index is 0.112. The van der Waals surface area contributed by atoms with Crippen LogP contribution in [0, 0.1) is 5.82 Å². The van der Waals surface area contributed by atoms with Gasteiger partial charge in [0, 0.05) is 49.3 Å². The predicted octanol–water partition coefficient (Wildman–Crippen LogP) is 2.70. The molecule has 1 N–H and O–H groups in total. The molecule has 118 valence electrons. The molecule has 0 aliphatic carbocycles. The lowest BCUT2D eigenvalue weighted by atomic mass is 10.0. The van der Waals surface area contributed by atoms with Crippen LogP contribution in [-0.4, -0.2) is 55.1 Å².